The highest BCUT2D eigenvalue weighted by atomic mass is 79.9. The second kappa shape index (κ2) is 7.13. The van der Waals surface area contributed by atoms with Crippen LogP contribution in [0.1, 0.15) is 5.56 Å². The molecule has 0 bridgehead atoms. The predicted octanol–water partition coefficient (Wildman–Crippen LogP) is 3.65. The summed E-state index contributed by atoms with van der Waals surface area (Å²) in [6, 6.07) is 12.9. The van der Waals surface area contributed by atoms with Crippen LogP contribution >= 0.6 is 15.9 Å². The van der Waals surface area contributed by atoms with Crippen molar-refractivity contribution in [1.82, 2.24) is 0 Å². The van der Waals surface area contributed by atoms with Crippen LogP contribution in [-0.2, 0) is 11.2 Å². The fourth-order valence-corrected chi connectivity index (χ4v) is 2.35. The molecule has 2 rings (SSSR count). The van der Waals surface area contributed by atoms with E-state index < -0.39 is 0 Å². The number of rotatable bonds is 5. The molecule has 5 heteroatoms. The molecule has 21 heavy (non-hydrogen) atoms. The summed E-state index contributed by atoms with van der Waals surface area (Å²) in [6.45, 7) is 0. The molecule has 0 saturated heterocycles. The van der Waals surface area contributed by atoms with Crippen molar-refractivity contribution in [2.45, 2.75) is 6.42 Å². The van der Waals surface area contributed by atoms with Gasteiger partial charge in [0.05, 0.1) is 20.6 Å². The Hall–Kier alpha value is -2.01. The first-order chi connectivity index (χ1) is 10.1. The molecular formula is C16H16BrNO3. The number of carbonyl (C=O) groups excluding carboxylic acids is 1. The van der Waals surface area contributed by atoms with Crippen LogP contribution in [0.2, 0.25) is 0 Å². The van der Waals surface area contributed by atoms with Crippen LogP contribution in [0.5, 0.6) is 11.5 Å². The quantitative estimate of drug-likeness (QED) is 0.896. The van der Waals surface area contributed by atoms with Gasteiger partial charge in [0.1, 0.15) is 0 Å². The van der Waals surface area contributed by atoms with Gasteiger partial charge < -0.3 is 14.8 Å². The normalized spacial score (nSPS) is 10.0. The molecule has 0 spiro atoms. The molecule has 0 aromatic heterocycles. The third-order valence-corrected chi connectivity index (χ3v) is 3.41. The molecule has 1 amide bonds. The molecule has 2 aromatic rings. The van der Waals surface area contributed by atoms with Gasteiger partial charge in [-0.2, -0.15) is 0 Å². The number of amides is 1. The summed E-state index contributed by atoms with van der Waals surface area (Å²) in [4.78, 5) is 12.0. The molecule has 4 nitrogen and oxygen atoms in total. The predicted molar refractivity (Wildman–Crippen MR) is 86.0 cm³/mol. The van der Waals surface area contributed by atoms with Crippen LogP contribution in [-0.4, -0.2) is 20.1 Å². The van der Waals surface area contributed by atoms with Gasteiger partial charge in [0, 0.05) is 10.2 Å². The van der Waals surface area contributed by atoms with E-state index in [4.69, 9.17) is 9.47 Å². The molecule has 110 valence electrons. The van der Waals surface area contributed by atoms with Crippen molar-refractivity contribution >= 4 is 27.5 Å². The monoisotopic (exact) mass is 349 g/mol. The average Bonchev–Trinajstić information content (AvgIpc) is 2.47. The van der Waals surface area contributed by atoms with Gasteiger partial charge in [-0.05, 0) is 35.9 Å². The molecule has 0 atom stereocenters. The van der Waals surface area contributed by atoms with Crippen molar-refractivity contribution in [2.75, 3.05) is 19.5 Å². The van der Waals surface area contributed by atoms with Gasteiger partial charge in [-0.25, -0.2) is 0 Å². The molecule has 1 N–H and O–H groups in total. The number of hydrogen-bond acceptors (Lipinski definition) is 3. The largest absolute Gasteiger partial charge is 0.493 e. The van der Waals surface area contributed by atoms with Crippen molar-refractivity contribution in [3.63, 3.8) is 0 Å². The minimum atomic E-state index is -0.0830. The number of benzene rings is 2. The summed E-state index contributed by atoms with van der Waals surface area (Å²) in [5, 5.41) is 2.86. The maximum atomic E-state index is 12.0. The first kappa shape index (κ1) is 15.4. The maximum absolute atomic E-state index is 12.0. The van der Waals surface area contributed by atoms with E-state index >= 15 is 0 Å². The molecule has 0 heterocycles. The van der Waals surface area contributed by atoms with Crippen LogP contribution in [0.25, 0.3) is 0 Å². The second-order valence-electron chi connectivity index (χ2n) is 4.42. The van der Waals surface area contributed by atoms with E-state index in [0.717, 1.165) is 15.7 Å². The Morgan fingerprint density at radius 2 is 1.86 bits per heavy atom. The van der Waals surface area contributed by atoms with Gasteiger partial charge in [0.15, 0.2) is 11.5 Å². The SMILES string of the molecule is COc1ccc(CC(=O)Nc2cccc(Br)c2)cc1OC. The number of halogens is 1. The molecule has 0 aliphatic rings. The van der Waals surface area contributed by atoms with E-state index in [-0.39, 0.29) is 12.3 Å². The molecule has 0 unspecified atom stereocenters. The van der Waals surface area contributed by atoms with E-state index in [1.54, 1.807) is 26.4 Å². The van der Waals surface area contributed by atoms with E-state index in [2.05, 4.69) is 21.2 Å². The Kier molecular flexibility index (Phi) is 5.22. The van der Waals surface area contributed by atoms with Crippen LogP contribution in [0.15, 0.2) is 46.9 Å². The first-order valence-corrected chi connectivity index (χ1v) is 7.18. The second-order valence-corrected chi connectivity index (χ2v) is 5.34. The van der Waals surface area contributed by atoms with Gasteiger partial charge in [-0.15, -0.1) is 0 Å². The molecule has 0 saturated carbocycles. The third-order valence-electron chi connectivity index (χ3n) is 2.92. The lowest BCUT2D eigenvalue weighted by atomic mass is 10.1. The summed E-state index contributed by atoms with van der Waals surface area (Å²) >= 11 is 3.37. The highest BCUT2D eigenvalue weighted by Gasteiger charge is 2.08. The average molecular weight is 350 g/mol. The zero-order valence-corrected chi connectivity index (χ0v) is 13.4. The Morgan fingerprint density at radius 1 is 1.10 bits per heavy atom. The molecule has 2 aromatic carbocycles. The maximum Gasteiger partial charge on any atom is 0.228 e. The number of hydrogen-bond donors (Lipinski definition) is 1. The lowest BCUT2D eigenvalue weighted by Gasteiger charge is -2.10. The fraction of sp³-hybridized carbons (Fsp3) is 0.188. The van der Waals surface area contributed by atoms with E-state index in [1.165, 1.54) is 0 Å². The molecule has 0 fully saturated rings. The molecule has 0 aliphatic heterocycles. The minimum Gasteiger partial charge on any atom is -0.493 e. The smallest absolute Gasteiger partial charge is 0.228 e. The summed E-state index contributed by atoms with van der Waals surface area (Å²) in [5.41, 5.74) is 1.62. The number of anilines is 1. The Morgan fingerprint density at radius 3 is 2.52 bits per heavy atom. The number of nitrogens with one attached hydrogen (secondary N) is 1. The minimum absolute atomic E-state index is 0.0830. The van der Waals surface area contributed by atoms with Crippen LogP contribution in [0.3, 0.4) is 0 Å². The van der Waals surface area contributed by atoms with Gasteiger partial charge >= 0.3 is 0 Å². The number of carbonyl (C=O) groups is 1. The van der Waals surface area contributed by atoms with Crippen LogP contribution in [0.4, 0.5) is 5.69 Å². The molecule has 0 radical (unpaired) electrons. The van der Waals surface area contributed by atoms with Crippen LogP contribution in [0, 0.1) is 0 Å². The Balaban J connectivity index is 2.06. The highest BCUT2D eigenvalue weighted by Crippen LogP contribution is 2.27. The van der Waals surface area contributed by atoms with Gasteiger partial charge in [0.2, 0.25) is 5.91 Å². The van der Waals surface area contributed by atoms with Gasteiger partial charge in [-0.3, -0.25) is 4.79 Å². The summed E-state index contributed by atoms with van der Waals surface area (Å²) in [6.07, 6.45) is 0.271. The summed E-state index contributed by atoms with van der Waals surface area (Å²) in [7, 11) is 3.15. The third kappa shape index (κ3) is 4.23. The van der Waals surface area contributed by atoms with E-state index in [0.29, 0.717) is 11.5 Å². The Labute approximate surface area is 132 Å². The van der Waals surface area contributed by atoms with Crippen molar-refractivity contribution in [2.24, 2.45) is 0 Å². The molecule has 0 aliphatic carbocycles. The number of methoxy groups -OCH3 is 2. The van der Waals surface area contributed by atoms with Crippen LogP contribution < -0.4 is 14.8 Å². The Bertz CT molecular complexity index is 643. The fourth-order valence-electron chi connectivity index (χ4n) is 1.95. The molecular weight excluding hydrogens is 334 g/mol. The van der Waals surface area contributed by atoms with E-state index in [9.17, 15) is 4.79 Å². The van der Waals surface area contributed by atoms with Crippen molar-refractivity contribution in [1.29, 1.82) is 0 Å². The van der Waals surface area contributed by atoms with Crippen molar-refractivity contribution in [3.05, 3.63) is 52.5 Å². The summed E-state index contributed by atoms with van der Waals surface area (Å²) < 4.78 is 11.3. The van der Waals surface area contributed by atoms with E-state index in [1.807, 2.05) is 30.3 Å². The summed E-state index contributed by atoms with van der Waals surface area (Å²) in [5.74, 6) is 1.18. The van der Waals surface area contributed by atoms with Gasteiger partial charge in [-0.1, -0.05) is 28.1 Å². The standard InChI is InChI=1S/C16H16BrNO3/c1-20-14-7-6-11(8-15(14)21-2)9-16(19)18-13-5-3-4-12(17)10-13/h3-8,10H,9H2,1-2H3,(H,18,19). The highest BCUT2D eigenvalue weighted by molar-refractivity contribution is 9.10. The van der Waals surface area contributed by atoms with Crippen molar-refractivity contribution in [3.8, 4) is 11.5 Å². The topological polar surface area (TPSA) is 47.6 Å². The first-order valence-electron chi connectivity index (χ1n) is 6.38. The lowest BCUT2D eigenvalue weighted by Crippen LogP contribution is -2.14. The van der Waals surface area contributed by atoms with Crippen molar-refractivity contribution < 1.29 is 14.3 Å². The van der Waals surface area contributed by atoms with Gasteiger partial charge in [0.25, 0.3) is 0 Å². The lowest BCUT2D eigenvalue weighted by molar-refractivity contribution is -0.115. The zero-order chi connectivity index (χ0) is 15.2. The zero-order valence-electron chi connectivity index (χ0n) is 11.9. The number of ether oxygens (including phenoxy) is 2.